The van der Waals surface area contributed by atoms with E-state index >= 15 is 0 Å². The topological polar surface area (TPSA) is 29.0 Å². The van der Waals surface area contributed by atoms with Crippen LogP contribution in [0.2, 0.25) is 5.28 Å². The van der Waals surface area contributed by atoms with E-state index in [1.54, 1.807) is 11.3 Å². The number of thiophene rings is 1. The van der Waals surface area contributed by atoms with Gasteiger partial charge in [-0.2, -0.15) is 16.7 Å². The molecule has 2 aromatic heterocycles. The summed E-state index contributed by atoms with van der Waals surface area (Å²) in [5.41, 5.74) is 0. The second-order valence-corrected chi connectivity index (χ2v) is 6.94. The minimum absolute atomic E-state index is 0.353. The lowest BCUT2D eigenvalue weighted by molar-refractivity contribution is 0.722. The van der Waals surface area contributed by atoms with Crippen molar-refractivity contribution in [3.05, 3.63) is 16.7 Å². The van der Waals surface area contributed by atoms with E-state index in [1.165, 1.54) is 6.42 Å². The summed E-state index contributed by atoms with van der Waals surface area (Å²) in [5, 5.41) is 4.23. The van der Waals surface area contributed by atoms with E-state index in [-0.39, 0.29) is 0 Å². The smallest absolute Gasteiger partial charge is 0.225 e. The molecule has 0 aromatic carbocycles. The van der Waals surface area contributed by atoms with Crippen molar-refractivity contribution < 1.29 is 0 Å². The summed E-state index contributed by atoms with van der Waals surface area (Å²) in [4.78, 5) is 12.1. The van der Waals surface area contributed by atoms with Crippen LogP contribution in [0, 0.1) is 0 Å². The fraction of sp³-hybridized carbons (Fsp3) is 0.500. The van der Waals surface area contributed by atoms with Crippen LogP contribution in [-0.4, -0.2) is 34.1 Å². The molecule has 3 rings (SSSR count). The molecule has 96 valence electrons. The Morgan fingerprint density at radius 1 is 1.50 bits per heavy atom. The highest BCUT2D eigenvalue weighted by Gasteiger charge is 2.22. The normalized spacial score (nSPS) is 20.6. The molecule has 1 saturated heterocycles. The van der Waals surface area contributed by atoms with E-state index < -0.39 is 0 Å². The average molecular weight is 300 g/mol. The summed E-state index contributed by atoms with van der Waals surface area (Å²) >= 11 is 9.70. The van der Waals surface area contributed by atoms with Gasteiger partial charge in [-0.15, -0.1) is 11.3 Å². The van der Waals surface area contributed by atoms with Gasteiger partial charge in [0, 0.05) is 24.1 Å². The third-order valence-corrected chi connectivity index (χ3v) is 5.52. The maximum atomic E-state index is 6.02. The molecule has 1 aliphatic heterocycles. The van der Waals surface area contributed by atoms with Gasteiger partial charge in [-0.05, 0) is 29.5 Å². The number of anilines is 1. The van der Waals surface area contributed by atoms with Crippen molar-refractivity contribution in [3.8, 4) is 0 Å². The quantitative estimate of drug-likeness (QED) is 0.791. The Bertz CT molecular complexity index is 557. The first-order valence-corrected chi connectivity index (χ1v) is 8.36. The van der Waals surface area contributed by atoms with Gasteiger partial charge >= 0.3 is 0 Å². The Labute approximate surface area is 120 Å². The lowest BCUT2D eigenvalue weighted by atomic mass is 10.2. The summed E-state index contributed by atoms with van der Waals surface area (Å²) < 4.78 is 0. The molecule has 0 bridgehead atoms. The van der Waals surface area contributed by atoms with Gasteiger partial charge in [-0.3, -0.25) is 0 Å². The number of fused-ring (bicyclic) bond motifs is 1. The zero-order chi connectivity index (χ0) is 12.5. The Balaban J connectivity index is 2.00. The van der Waals surface area contributed by atoms with Crippen LogP contribution in [0.25, 0.3) is 10.2 Å². The highest BCUT2D eigenvalue weighted by Crippen LogP contribution is 2.32. The maximum absolute atomic E-state index is 6.02. The number of hydrogen-bond acceptors (Lipinski definition) is 5. The van der Waals surface area contributed by atoms with Gasteiger partial charge in [0.1, 0.15) is 10.6 Å². The molecule has 0 saturated carbocycles. The second-order valence-electron chi connectivity index (χ2n) is 4.30. The van der Waals surface area contributed by atoms with Crippen molar-refractivity contribution in [3.63, 3.8) is 0 Å². The number of aromatic nitrogens is 2. The molecular formula is C12H14ClN3S2. The Morgan fingerprint density at radius 2 is 2.39 bits per heavy atom. The summed E-state index contributed by atoms with van der Waals surface area (Å²) in [6.45, 7) is 4.34. The largest absolute Gasteiger partial charge is 0.354 e. The van der Waals surface area contributed by atoms with Crippen LogP contribution in [0.15, 0.2) is 11.4 Å². The van der Waals surface area contributed by atoms with Gasteiger partial charge in [-0.25, -0.2) is 4.98 Å². The highest BCUT2D eigenvalue weighted by molar-refractivity contribution is 8.00. The molecule has 2 aromatic rings. The molecule has 1 atom stereocenters. The van der Waals surface area contributed by atoms with Crippen molar-refractivity contribution >= 4 is 50.7 Å². The van der Waals surface area contributed by atoms with E-state index in [9.17, 15) is 0 Å². The van der Waals surface area contributed by atoms with Crippen LogP contribution in [0.4, 0.5) is 5.82 Å². The number of thioether (sulfide) groups is 1. The molecule has 0 N–H and O–H groups in total. The lowest BCUT2D eigenvalue weighted by Gasteiger charge is -2.33. The van der Waals surface area contributed by atoms with Crippen molar-refractivity contribution in [1.82, 2.24) is 9.97 Å². The zero-order valence-corrected chi connectivity index (χ0v) is 12.5. The third kappa shape index (κ3) is 2.31. The minimum Gasteiger partial charge on any atom is -0.354 e. The van der Waals surface area contributed by atoms with Crippen molar-refractivity contribution in [2.45, 2.75) is 18.6 Å². The fourth-order valence-corrected chi connectivity index (χ4v) is 4.37. The van der Waals surface area contributed by atoms with Gasteiger partial charge in [0.15, 0.2) is 0 Å². The number of hydrogen-bond donors (Lipinski definition) is 0. The van der Waals surface area contributed by atoms with Gasteiger partial charge in [0.05, 0.1) is 5.39 Å². The van der Waals surface area contributed by atoms with Crippen LogP contribution >= 0.6 is 34.7 Å². The first-order chi connectivity index (χ1) is 8.78. The Morgan fingerprint density at radius 3 is 3.22 bits per heavy atom. The minimum atomic E-state index is 0.353. The van der Waals surface area contributed by atoms with Crippen LogP contribution < -0.4 is 4.90 Å². The molecule has 1 fully saturated rings. The van der Waals surface area contributed by atoms with Crippen LogP contribution in [-0.2, 0) is 0 Å². The van der Waals surface area contributed by atoms with E-state index in [2.05, 4.69) is 45.0 Å². The van der Waals surface area contributed by atoms with E-state index in [0.29, 0.717) is 10.5 Å². The summed E-state index contributed by atoms with van der Waals surface area (Å²) in [7, 11) is 0. The Kier molecular flexibility index (Phi) is 3.63. The average Bonchev–Trinajstić information content (AvgIpc) is 2.85. The standard InChI is InChI=1S/C12H14ClN3S2/c1-2-8-7-16(4-6-17-8)10-9-3-5-18-11(9)15-12(13)14-10/h3,5,8H,2,4,6-7H2,1H3. The first kappa shape index (κ1) is 12.5. The maximum Gasteiger partial charge on any atom is 0.225 e. The Hall–Kier alpha value is -0.520. The van der Waals surface area contributed by atoms with Crippen molar-refractivity contribution in [2.75, 3.05) is 23.7 Å². The molecule has 1 unspecified atom stereocenters. The van der Waals surface area contributed by atoms with Crippen LogP contribution in [0.3, 0.4) is 0 Å². The predicted molar refractivity (Wildman–Crippen MR) is 81.2 cm³/mol. The molecule has 0 radical (unpaired) electrons. The van der Waals surface area contributed by atoms with Crippen molar-refractivity contribution in [1.29, 1.82) is 0 Å². The van der Waals surface area contributed by atoms with E-state index in [4.69, 9.17) is 11.6 Å². The number of rotatable bonds is 2. The SMILES string of the molecule is CCC1CN(c2nc(Cl)nc3sccc23)CCS1. The van der Waals surface area contributed by atoms with E-state index in [0.717, 1.165) is 34.9 Å². The molecule has 3 heterocycles. The van der Waals surface area contributed by atoms with Crippen LogP contribution in [0.5, 0.6) is 0 Å². The molecule has 1 aliphatic rings. The van der Waals surface area contributed by atoms with Gasteiger partial charge in [0.2, 0.25) is 5.28 Å². The van der Waals surface area contributed by atoms with E-state index in [1.807, 2.05) is 0 Å². The predicted octanol–water partition coefficient (Wildman–Crippen LogP) is 3.68. The van der Waals surface area contributed by atoms with Gasteiger partial charge in [0.25, 0.3) is 0 Å². The number of nitrogens with zero attached hydrogens (tertiary/aromatic N) is 3. The fourth-order valence-electron chi connectivity index (χ4n) is 2.21. The summed E-state index contributed by atoms with van der Waals surface area (Å²) in [6, 6.07) is 2.09. The number of halogens is 1. The highest BCUT2D eigenvalue weighted by atomic mass is 35.5. The van der Waals surface area contributed by atoms with Crippen LogP contribution in [0.1, 0.15) is 13.3 Å². The molecular weight excluding hydrogens is 286 g/mol. The lowest BCUT2D eigenvalue weighted by Crippen LogP contribution is -2.38. The molecule has 0 amide bonds. The molecule has 0 spiro atoms. The summed E-state index contributed by atoms with van der Waals surface area (Å²) in [6.07, 6.45) is 1.20. The first-order valence-electron chi connectivity index (χ1n) is 6.05. The molecule has 3 nitrogen and oxygen atoms in total. The van der Waals surface area contributed by atoms with Gasteiger partial charge < -0.3 is 4.90 Å². The van der Waals surface area contributed by atoms with Crippen molar-refractivity contribution in [2.24, 2.45) is 0 Å². The second kappa shape index (κ2) is 5.23. The third-order valence-electron chi connectivity index (χ3n) is 3.17. The zero-order valence-electron chi connectivity index (χ0n) is 10.1. The monoisotopic (exact) mass is 299 g/mol. The molecule has 6 heteroatoms. The molecule has 18 heavy (non-hydrogen) atoms. The van der Waals surface area contributed by atoms with Gasteiger partial charge in [-0.1, -0.05) is 6.92 Å². The summed E-state index contributed by atoms with van der Waals surface area (Å²) in [5.74, 6) is 2.16. The molecule has 0 aliphatic carbocycles.